The fourth-order valence-electron chi connectivity index (χ4n) is 4.07. The van der Waals surface area contributed by atoms with E-state index in [1.165, 1.54) is 39.9 Å². The fourth-order valence-corrected chi connectivity index (χ4v) is 6.77. The maximum absolute atomic E-state index is 12.9. The van der Waals surface area contributed by atoms with Crippen molar-refractivity contribution >= 4 is 37.5 Å². The maximum atomic E-state index is 12.9. The van der Waals surface area contributed by atoms with Crippen LogP contribution >= 0.6 is 11.3 Å². The predicted octanol–water partition coefficient (Wildman–Crippen LogP) is 3.81. The van der Waals surface area contributed by atoms with Crippen LogP contribution in [0.5, 0.6) is 0 Å². The Hall–Kier alpha value is -2.73. The van der Waals surface area contributed by atoms with Gasteiger partial charge >= 0.3 is 0 Å². The number of sulfonamides is 1. The molecule has 0 N–H and O–H groups in total. The first-order chi connectivity index (χ1) is 15.3. The van der Waals surface area contributed by atoms with E-state index in [0.29, 0.717) is 35.9 Å². The Balaban J connectivity index is 1.65. The van der Waals surface area contributed by atoms with Crippen LogP contribution in [0, 0.1) is 25.2 Å². The molecule has 4 rings (SSSR count). The largest absolute Gasteiger partial charge is 0.304 e. The SMILES string of the molecule is C#CCn1c(=NC(=O)c2ccc(S(=O)(=O)N3CCCC(C)C3)cc2)sc2cccc(C)c21. The molecule has 1 atom stereocenters. The van der Waals surface area contributed by atoms with Crippen LogP contribution in [0.15, 0.2) is 52.4 Å². The molecule has 166 valence electrons. The van der Waals surface area contributed by atoms with Crippen LogP contribution in [0.3, 0.4) is 0 Å². The lowest BCUT2D eigenvalue weighted by Gasteiger charge is -2.30. The minimum absolute atomic E-state index is 0.197. The van der Waals surface area contributed by atoms with Crippen molar-refractivity contribution < 1.29 is 13.2 Å². The van der Waals surface area contributed by atoms with E-state index in [4.69, 9.17) is 6.42 Å². The number of aromatic nitrogens is 1. The number of carbonyl (C=O) groups excluding carboxylic acids is 1. The molecule has 0 bridgehead atoms. The Kier molecular flexibility index (Phi) is 6.33. The highest BCUT2D eigenvalue weighted by atomic mass is 32.2. The molecule has 3 aromatic rings. The number of hydrogen-bond donors (Lipinski definition) is 0. The molecular weight excluding hydrogens is 442 g/mol. The first-order valence-electron chi connectivity index (χ1n) is 10.5. The molecule has 1 fully saturated rings. The van der Waals surface area contributed by atoms with Gasteiger partial charge in [-0.15, -0.1) is 6.42 Å². The molecule has 0 saturated carbocycles. The predicted molar refractivity (Wildman–Crippen MR) is 127 cm³/mol. The van der Waals surface area contributed by atoms with Crippen molar-refractivity contribution in [2.24, 2.45) is 10.9 Å². The monoisotopic (exact) mass is 467 g/mol. The maximum Gasteiger partial charge on any atom is 0.279 e. The van der Waals surface area contributed by atoms with E-state index in [1.54, 1.807) is 0 Å². The minimum atomic E-state index is -3.57. The summed E-state index contributed by atoms with van der Waals surface area (Å²) in [7, 11) is -3.57. The quantitative estimate of drug-likeness (QED) is 0.548. The number of hydrogen-bond acceptors (Lipinski definition) is 4. The second-order valence-corrected chi connectivity index (χ2v) is 11.1. The number of amides is 1. The first kappa shape index (κ1) is 22.5. The summed E-state index contributed by atoms with van der Waals surface area (Å²) in [6.07, 6.45) is 7.45. The summed E-state index contributed by atoms with van der Waals surface area (Å²) < 4.78 is 30.3. The highest BCUT2D eigenvalue weighted by Gasteiger charge is 2.28. The number of para-hydroxylation sites is 1. The smallest absolute Gasteiger partial charge is 0.279 e. The third kappa shape index (κ3) is 4.29. The summed E-state index contributed by atoms with van der Waals surface area (Å²) >= 11 is 1.40. The lowest BCUT2D eigenvalue weighted by Crippen LogP contribution is -2.39. The topological polar surface area (TPSA) is 71.7 Å². The number of benzene rings is 2. The highest BCUT2D eigenvalue weighted by molar-refractivity contribution is 7.89. The summed E-state index contributed by atoms with van der Waals surface area (Å²) in [5.74, 6) is 2.54. The normalized spacial score (nSPS) is 18.0. The van der Waals surface area contributed by atoms with Gasteiger partial charge in [-0.2, -0.15) is 9.30 Å². The van der Waals surface area contributed by atoms with Gasteiger partial charge in [0.2, 0.25) is 10.0 Å². The van der Waals surface area contributed by atoms with Gasteiger partial charge in [0.1, 0.15) is 0 Å². The molecule has 32 heavy (non-hydrogen) atoms. The van der Waals surface area contributed by atoms with E-state index in [2.05, 4.69) is 17.8 Å². The van der Waals surface area contributed by atoms with Gasteiger partial charge in [0.05, 0.1) is 21.7 Å². The second-order valence-electron chi connectivity index (χ2n) is 8.15. The molecule has 0 aliphatic carbocycles. The third-order valence-electron chi connectivity index (χ3n) is 5.71. The van der Waals surface area contributed by atoms with Gasteiger partial charge < -0.3 is 4.57 Å². The van der Waals surface area contributed by atoms with Crippen LogP contribution in [0.25, 0.3) is 10.2 Å². The van der Waals surface area contributed by atoms with Gasteiger partial charge in [0, 0.05) is 18.7 Å². The van der Waals surface area contributed by atoms with Gasteiger partial charge in [-0.05, 0) is 61.6 Å². The molecule has 0 radical (unpaired) electrons. The van der Waals surface area contributed by atoms with Gasteiger partial charge in [-0.1, -0.05) is 36.3 Å². The lowest BCUT2D eigenvalue weighted by atomic mass is 10.0. The zero-order valence-electron chi connectivity index (χ0n) is 18.1. The molecular formula is C24H25N3O3S2. The molecule has 6 nitrogen and oxygen atoms in total. The van der Waals surface area contributed by atoms with Crippen molar-refractivity contribution in [3.8, 4) is 12.3 Å². The van der Waals surface area contributed by atoms with Crippen molar-refractivity contribution in [2.45, 2.75) is 38.1 Å². The third-order valence-corrected chi connectivity index (χ3v) is 8.63. The van der Waals surface area contributed by atoms with Gasteiger partial charge in [0.25, 0.3) is 5.91 Å². The van der Waals surface area contributed by atoms with Crippen molar-refractivity contribution in [1.29, 1.82) is 0 Å². The van der Waals surface area contributed by atoms with Crippen LogP contribution < -0.4 is 4.80 Å². The highest BCUT2D eigenvalue weighted by Crippen LogP contribution is 2.24. The Morgan fingerprint density at radius 3 is 2.69 bits per heavy atom. The molecule has 1 aliphatic heterocycles. The van der Waals surface area contributed by atoms with E-state index in [0.717, 1.165) is 28.6 Å². The van der Waals surface area contributed by atoms with E-state index in [-0.39, 0.29) is 4.90 Å². The van der Waals surface area contributed by atoms with Gasteiger partial charge in [-0.25, -0.2) is 8.42 Å². The van der Waals surface area contributed by atoms with E-state index >= 15 is 0 Å². The fraction of sp³-hybridized carbons (Fsp3) is 0.333. The lowest BCUT2D eigenvalue weighted by molar-refractivity contribution is 0.0998. The molecule has 1 unspecified atom stereocenters. The molecule has 2 heterocycles. The minimum Gasteiger partial charge on any atom is -0.304 e. The van der Waals surface area contributed by atoms with Crippen molar-refractivity contribution in [3.05, 3.63) is 58.4 Å². The number of terminal acetylenes is 1. The van der Waals surface area contributed by atoms with Gasteiger partial charge in [-0.3, -0.25) is 4.79 Å². The van der Waals surface area contributed by atoms with Crippen LogP contribution in [0.1, 0.15) is 35.7 Å². The zero-order valence-corrected chi connectivity index (χ0v) is 19.7. The van der Waals surface area contributed by atoms with Gasteiger partial charge in [0.15, 0.2) is 4.80 Å². The Labute approximate surface area is 192 Å². The molecule has 8 heteroatoms. The van der Waals surface area contributed by atoms with Crippen molar-refractivity contribution in [2.75, 3.05) is 13.1 Å². The van der Waals surface area contributed by atoms with Crippen LogP contribution in [0.2, 0.25) is 0 Å². The first-order valence-corrected chi connectivity index (χ1v) is 12.8. The molecule has 1 amide bonds. The van der Waals surface area contributed by atoms with E-state index in [9.17, 15) is 13.2 Å². The van der Waals surface area contributed by atoms with Crippen LogP contribution in [-0.2, 0) is 16.6 Å². The van der Waals surface area contributed by atoms with Crippen LogP contribution in [0.4, 0.5) is 0 Å². The summed E-state index contributed by atoms with van der Waals surface area (Å²) in [5.41, 5.74) is 2.36. The number of nitrogens with zero attached hydrogens (tertiary/aromatic N) is 3. The molecule has 1 aliphatic rings. The second kappa shape index (κ2) is 9.02. The Bertz CT molecular complexity index is 1380. The zero-order chi connectivity index (χ0) is 22.9. The number of aryl methyl sites for hydroxylation is 1. The molecule has 1 aromatic heterocycles. The number of fused-ring (bicyclic) bond motifs is 1. The number of carbonyl (C=O) groups is 1. The average Bonchev–Trinajstić information content (AvgIpc) is 3.12. The number of thiazole rings is 1. The van der Waals surface area contributed by atoms with Crippen LogP contribution in [-0.4, -0.2) is 36.3 Å². The Morgan fingerprint density at radius 2 is 2.00 bits per heavy atom. The standard InChI is InChI=1S/C24H25N3O3S2/c1-4-14-27-22-18(3)8-5-9-21(22)31-24(27)25-23(28)19-10-12-20(13-11-19)32(29,30)26-15-6-7-17(2)16-26/h1,5,8-13,17H,6-7,14-16H2,2-3H3. The summed E-state index contributed by atoms with van der Waals surface area (Å²) in [4.78, 5) is 17.9. The van der Waals surface area contributed by atoms with Crippen molar-refractivity contribution in [1.82, 2.24) is 8.87 Å². The Morgan fingerprint density at radius 1 is 1.25 bits per heavy atom. The molecule has 0 spiro atoms. The molecule has 1 saturated heterocycles. The summed E-state index contributed by atoms with van der Waals surface area (Å²) in [5, 5.41) is 0. The number of piperidine rings is 1. The van der Waals surface area contributed by atoms with E-state index < -0.39 is 15.9 Å². The van der Waals surface area contributed by atoms with Crippen molar-refractivity contribution in [3.63, 3.8) is 0 Å². The molecule has 2 aromatic carbocycles. The number of rotatable bonds is 4. The van der Waals surface area contributed by atoms with E-state index in [1.807, 2.05) is 29.7 Å². The summed E-state index contributed by atoms with van der Waals surface area (Å²) in [6.45, 7) is 5.42. The average molecular weight is 468 g/mol. The summed E-state index contributed by atoms with van der Waals surface area (Å²) in [6, 6.07) is 12.0.